The van der Waals surface area contributed by atoms with Crippen LogP contribution in [0.4, 0.5) is 5.69 Å². The zero-order chi connectivity index (χ0) is 21.9. The van der Waals surface area contributed by atoms with Crippen LogP contribution in [0.25, 0.3) is 33.6 Å². The summed E-state index contributed by atoms with van der Waals surface area (Å²) in [5.41, 5.74) is 2.64. The standard InChI is InChI=1S/C26H19N3O3/c1-31-19-15-13-18(14-16-19)24-28-26(32-29-24)22-10-4-5-12-23(22)27-25(30)21-11-6-8-17-7-2-3-9-20(17)21/h2-16H,1H3,(H,27,30). The number of fused-ring (bicyclic) bond motifs is 1. The van der Waals surface area contributed by atoms with Gasteiger partial charge in [-0.05, 0) is 53.2 Å². The summed E-state index contributed by atoms with van der Waals surface area (Å²) in [5.74, 6) is 1.32. The Labute approximate surface area is 184 Å². The molecule has 4 aromatic carbocycles. The van der Waals surface area contributed by atoms with Crippen molar-refractivity contribution in [1.29, 1.82) is 0 Å². The number of methoxy groups -OCH3 is 1. The predicted octanol–water partition coefficient (Wildman–Crippen LogP) is 5.82. The molecule has 5 aromatic rings. The summed E-state index contributed by atoms with van der Waals surface area (Å²) in [6.07, 6.45) is 0. The fourth-order valence-electron chi connectivity index (χ4n) is 3.58. The molecule has 0 saturated carbocycles. The number of ether oxygens (including phenoxy) is 1. The molecule has 0 aliphatic heterocycles. The van der Waals surface area contributed by atoms with Gasteiger partial charge >= 0.3 is 0 Å². The molecule has 0 spiro atoms. The summed E-state index contributed by atoms with van der Waals surface area (Å²) in [4.78, 5) is 17.6. The lowest BCUT2D eigenvalue weighted by atomic mass is 10.0. The molecule has 5 rings (SSSR count). The lowest BCUT2D eigenvalue weighted by Crippen LogP contribution is -2.13. The minimum Gasteiger partial charge on any atom is -0.497 e. The van der Waals surface area contributed by atoms with Gasteiger partial charge in [-0.3, -0.25) is 4.79 Å². The second kappa shape index (κ2) is 8.35. The molecule has 0 aliphatic rings. The number of amides is 1. The molecule has 1 heterocycles. The highest BCUT2D eigenvalue weighted by Gasteiger charge is 2.17. The van der Waals surface area contributed by atoms with Gasteiger partial charge in [-0.1, -0.05) is 53.7 Å². The van der Waals surface area contributed by atoms with Crippen LogP contribution in [-0.4, -0.2) is 23.2 Å². The van der Waals surface area contributed by atoms with Crippen LogP contribution in [0.1, 0.15) is 10.4 Å². The number of hydrogen-bond acceptors (Lipinski definition) is 5. The van der Waals surface area contributed by atoms with Crippen LogP contribution in [0.15, 0.2) is 95.5 Å². The van der Waals surface area contributed by atoms with Gasteiger partial charge in [-0.15, -0.1) is 0 Å². The maximum Gasteiger partial charge on any atom is 0.260 e. The van der Waals surface area contributed by atoms with Gasteiger partial charge in [-0.2, -0.15) is 4.98 Å². The monoisotopic (exact) mass is 421 g/mol. The Morgan fingerprint density at radius 2 is 1.62 bits per heavy atom. The fourth-order valence-corrected chi connectivity index (χ4v) is 3.58. The maximum absolute atomic E-state index is 13.1. The summed E-state index contributed by atoms with van der Waals surface area (Å²) >= 11 is 0. The molecule has 156 valence electrons. The van der Waals surface area contributed by atoms with Crippen molar-refractivity contribution in [2.24, 2.45) is 0 Å². The van der Waals surface area contributed by atoms with Crippen molar-refractivity contribution in [1.82, 2.24) is 10.1 Å². The van der Waals surface area contributed by atoms with Crippen LogP contribution in [0.5, 0.6) is 5.75 Å². The highest BCUT2D eigenvalue weighted by Crippen LogP contribution is 2.30. The number of hydrogen-bond donors (Lipinski definition) is 1. The minimum atomic E-state index is -0.204. The number of aromatic nitrogens is 2. The van der Waals surface area contributed by atoms with Gasteiger partial charge in [0.25, 0.3) is 11.8 Å². The molecule has 0 fully saturated rings. The first kappa shape index (κ1) is 19.5. The quantitative estimate of drug-likeness (QED) is 0.387. The molecule has 1 amide bonds. The third kappa shape index (κ3) is 3.70. The lowest BCUT2D eigenvalue weighted by molar-refractivity contribution is 0.102. The van der Waals surface area contributed by atoms with Gasteiger partial charge in [0, 0.05) is 11.1 Å². The number of benzene rings is 4. The molecule has 1 N–H and O–H groups in total. The number of rotatable bonds is 5. The van der Waals surface area contributed by atoms with Gasteiger partial charge in [0.15, 0.2) is 0 Å². The molecular weight excluding hydrogens is 402 g/mol. The largest absolute Gasteiger partial charge is 0.497 e. The zero-order valence-corrected chi connectivity index (χ0v) is 17.3. The summed E-state index contributed by atoms with van der Waals surface area (Å²) in [6, 6.07) is 28.2. The normalized spacial score (nSPS) is 10.8. The van der Waals surface area contributed by atoms with Crippen molar-refractivity contribution < 1.29 is 14.1 Å². The lowest BCUT2D eigenvalue weighted by Gasteiger charge is -2.10. The molecule has 1 aromatic heterocycles. The van der Waals surface area contributed by atoms with Crippen molar-refractivity contribution in [3.63, 3.8) is 0 Å². The summed E-state index contributed by atoms with van der Waals surface area (Å²) < 4.78 is 10.7. The van der Waals surface area contributed by atoms with Crippen LogP contribution < -0.4 is 10.1 Å². The molecule has 0 radical (unpaired) electrons. The molecule has 0 unspecified atom stereocenters. The highest BCUT2D eigenvalue weighted by molar-refractivity contribution is 6.13. The van der Waals surface area contributed by atoms with E-state index in [0.717, 1.165) is 22.1 Å². The second-order valence-corrected chi connectivity index (χ2v) is 7.18. The third-order valence-corrected chi connectivity index (χ3v) is 5.21. The van der Waals surface area contributed by atoms with Crippen LogP contribution in [-0.2, 0) is 0 Å². The van der Waals surface area contributed by atoms with Crippen molar-refractivity contribution in [2.75, 3.05) is 12.4 Å². The average Bonchev–Trinajstić information content (AvgIpc) is 3.34. The molecule has 0 aliphatic carbocycles. The van der Waals surface area contributed by atoms with E-state index in [1.165, 1.54) is 0 Å². The Morgan fingerprint density at radius 3 is 2.47 bits per heavy atom. The fraction of sp³-hybridized carbons (Fsp3) is 0.0385. The first-order valence-corrected chi connectivity index (χ1v) is 10.1. The SMILES string of the molecule is COc1ccc(-c2noc(-c3ccccc3NC(=O)c3cccc4ccccc34)n2)cc1. The topological polar surface area (TPSA) is 77.3 Å². The van der Waals surface area contributed by atoms with Crippen LogP contribution in [0, 0.1) is 0 Å². The van der Waals surface area contributed by atoms with Gasteiger partial charge in [0.1, 0.15) is 5.75 Å². The summed E-state index contributed by atoms with van der Waals surface area (Å²) in [6.45, 7) is 0. The number of anilines is 1. The average molecular weight is 421 g/mol. The van der Waals surface area contributed by atoms with Crippen LogP contribution in [0.3, 0.4) is 0 Å². The van der Waals surface area contributed by atoms with Gasteiger partial charge in [0.2, 0.25) is 5.82 Å². The van der Waals surface area contributed by atoms with E-state index in [1.807, 2.05) is 91.0 Å². The first-order valence-electron chi connectivity index (χ1n) is 10.1. The van der Waals surface area contributed by atoms with Crippen LogP contribution in [0.2, 0.25) is 0 Å². The number of para-hydroxylation sites is 1. The highest BCUT2D eigenvalue weighted by atomic mass is 16.5. The first-order chi connectivity index (χ1) is 15.7. The Morgan fingerprint density at radius 1 is 0.875 bits per heavy atom. The minimum absolute atomic E-state index is 0.204. The van der Waals surface area contributed by atoms with Gasteiger partial charge in [0.05, 0.1) is 18.4 Å². The number of nitrogens with one attached hydrogen (secondary N) is 1. The van der Waals surface area contributed by atoms with E-state index in [0.29, 0.717) is 28.5 Å². The predicted molar refractivity (Wildman–Crippen MR) is 124 cm³/mol. The third-order valence-electron chi connectivity index (χ3n) is 5.21. The Balaban J connectivity index is 1.46. The second-order valence-electron chi connectivity index (χ2n) is 7.18. The number of carbonyl (C=O) groups excluding carboxylic acids is 1. The van der Waals surface area contributed by atoms with E-state index in [4.69, 9.17) is 9.26 Å². The smallest absolute Gasteiger partial charge is 0.260 e. The van der Waals surface area contributed by atoms with E-state index >= 15 is 0 Å². The zero-order valence-electron chi connectivity index (χ0n) is 17.3. The molecule has 0 atom stereocenters. The molecule has 6 heteroatoms. The Bertz CT molecular complexity index is 1400. The number of nitrogens with zero attached hydrogens (tertiary/aromatic N) is 2. The van der Waals surface area contributed by atoms with E-state index in [1.54, 1.807) is 7.11 Å². The molecular formula is C26H19N3O3. The molecule has 6 nitrogen and oxygen atoms in total. The van der Waals surface area contributed by atoms with Crippen molar-refractivity contribution in [2.45, 2.75) is 0 Å². The Kier molecular flexibility index (Phi) is 5.09. The number of carbonyl (C=O) groups is 1. The van der Waals surface area contributed by atoms with E-state index < -0.39 is 0 Å². The van der Waals surface area contributed by atoms with Gasteiger partial charge in [-0.25, -0.2) is 0 Å². The molecule has 0 bridgehead atoms. The van der Waals surface area contributed by atoms with Crippen LogP contribution >= 0.6 is 0 Å². The van der Waals surface area contributed by atoms with Crippen molar-refractivity contribution >= 4 is 22.4 Å². The van der Waals surface area contributed by atoms with E-state index in [9.17, 15) is 4.79 Å². The van der Waals surface area contributed by atoms with Gasteiger partial charge < -0.3 is 14.6 Å². The molecule has 0 saturated heterocycles. The summed E-state index contributed by atoms with van der Waals surface area (Å²) in [5, 5.41) is 9.00. The van der Waals surface area contributed by atoms with Crippen molar-refractivity contribution in [3.8, 4) is 28.6 Å². The van der Waals surface area contributed by atoms with E-state index in [-0.39, 0.29) is 5.91 Å². The summed E-state index contributed by atoms with van der Waals surface area (Å²) in [7, 11) is 1.62. The van der Waals surface area contributed by atoms with E-state index in [2.05, 4.69) is 15.5 Å². The van der Waals surface area contributed by atoms with Crippen molar-refractivity contribution in [3.05, 3.63) is 96.6 Å². The maximum atomic E-state index is 13.1. The Hall–Kier alpha value is -4.45. The molecule has 32 heavy (non-hydrogen) atoms.